The smallest absolute Gasteiger partial charge is 0.0911 e. The molecule has 0 aliphatic rings. The van der Waals surface area contributed by atoms with Gasteiger partial charge in [-0.1, -0.05) is 25.8 Å². The number of hydrogen-bond acceptors (Lipinski definition) is 1. The van der Waals surface area contributed by atoms with Crippen LogP contribution in [0.1, 0.15) is 39.5 Å². The molecule has 0 saturated heterocycles. The minimum atomic E-state index is 1.02. The van der Waals surface area contributed by atoms with Crippen LogP contribution >= 0.6 is 0 Å². The normalized spacial score (nSPS) is 11.1. The van der Waals surface area contributed by atoms with E-state index < -0.39 is 0 Å². The van der Waals surface area contributed by atoms with Crippen LogP contribution in [0.25, 0.3) is 0 Å². The second kappa shape index (κ2) is 6.35. The summed E-state index contributed by atoms with van der Waals surface area (Å²) in [5, 5.41) is 8.34. The van der Waals surface area contributed by atoms with Crippen LogP contribution in [0.3, 0.4) is 0 Å². The number of hydrogen-bond donors (Lipinski definition) is 0. The van der Waals surface area contributed by atoms with E-state index in [1.807, 2.05) is 0 Å². The molecule has 0 heterocycles. The van der Waals surface area contributed by atoms with Crippen LogP contribution in [-0.4, -0.2) is 0 Å². The Bertz CT molecular complexity index is 139. The molecule has 0 bridgehead atoms. The van der Waals surface area contributed by atoms with Crippen molar-refractivity contribution in [1.29, 1.82) is 5.26 Å². The molecule has 0 saturated carbocycles. The van der Waals surface area contributed by atoms with Crippen LogP contribution in [0.4, 0.5) is 0 Å². The molecule has 0 spiro atoms. The third kappa shape index (κ3) is 4.14. The number of nitriles is 1. The van der Waals surface area contributed by atoms with Crippen molar-refractivity contribution in [3.63, 3.8) is 0 Å². The van der Waals surface area contributed by atoms with E-state index in [0.29, 0.717) is 0 Å². The summed E-state index contributed by atoms with van der Waals surface area (Å²) in [6.45, 7) is 4.26. The van der Waals surface area contributed by atoms with Gasteiger partial charge in [-0.25, -0.2) is 0 Å². The van der Waals surface area contributed by atoms with Crippen molar-refractivity contribution in [3.05, 3.63) is 11.6 Å². The Hall–Kier alpha value is -0.770. The molecule has 0 amide bonds. The fraction of sp³-hybridized carbons (Fsp3) is 0.667. The first-order valence-corrected chi connectivity index (χ1v) is 3.92. The minimum absolute atomic E-state index is 1.02. The van der Waals surface area contributed by atoms with E-state index >= 15 is 0 Å². The maximum Gasteiger partial charge on any atom is 0.0911 e. The highest BCUT2D eigenvalue weighted by Gasteiger charge is 1.91. The molecule has 0 rings (SSSR count). The van der Waals surface area contributed by atoms with Crippen molar-refractivity contribution in [3.8, 4) is 6.07 Å². The standard InChI is InChI=1S/C9H15N/c1-3-5-6-9(4-2)7-8-10/h7H,3-6H2,1-2H3/b9-7-. The highest BCUT2D eigenvalue weighted by atomic mass is 14.2. The average molecular weight is 137 g/mol. The van der Waals surface area contributed by atoms with Crippen molar-refractivity contribution < 1.29 is 0 Å². The average Bonchev–Trinajstić information content (AvgIpc) is 1.98. The van der Waals surface area contributed by atoms with Gasteiger partial charge in [0.15, 0.2) is 0 Å². The third-order valence-corrected chi connectivity index (χ3v) is 1.57. The summed E-state index contributed by atoms with van der Waals surface area (Å²) >= 11 is 0. The highest BCUT2D eigenvalue weighted by molar-refractivity contribution is 5.12. The molecule has 56 valence electrons. The molecule has 10 heavy (non-hydrogen) atoms. The molecule has 0 fully saturated rings. The third-order valence-electron chi connectivity index (χ3n) is 1.57. The summed E-state index contributed by atoms with van der Waals surface area (Å²) in [5.41, 5.74) is 1.28. The second-order valence-electron chi connectivity index (χ2n) is 2.39. The maximum atomic E-state index is 8.34. The van der Waals surface area contributed by atoms with Gasteiger partial charge < -0.3 is 0 Å². The van der Waals surface area contributed by atoms with Gasteiger partial charge in [0.2, 0.25) is 0 Å². The monoisotopic (exact) mass is 137 g/mol. The van der Waals surface area contributed by atoms with Gasteiger partial charge in [-0.3, -0.25) is 0 Å². The largest absolute Gasteiger partial charge is 0.193 e. The van der Waals surface area contributed by atoms with E-state index in [4.69, 9.17) is 5.26 Å². The Morgan fingerprint density at radius 3 is 2.60 bits per heavy atom. The van der Waals surface area contributed by atoms with E-state index in [1.54, 1.807) is 6.08 Å². The maximum absolute atomic E-state index is 8.34. The van der Waals surface area contributed by atoms with Crippen LogP contribution in [0.15, 0.2) is 11.6 Å². The first-order valence-electron chi connectivity index (χ1n) is 3.92. The molecule has 0 unspecified atom stereocenters. The van der Waals surface area contributed by atoms with Crippen molar-refractivity contribution in [2.45, 2.75) is 39.5 Å². The van der Waals surface area contributed by atoms with Crippen LogP contribution in [0, 0.1) is 11.3 Å². The zero-order valence-electron chi connectivity index (χ0n) is 6.85. The summed E-state index contributed by atoms with van der Waals surface area (Å²) in [4.78, 5) is 0. The number of nitrogens with zero attached hydrogens (tertiary/aromatic N) is 1. The molecular formula is C9H15N. The Morgan fingerprint density at radius 2 is 2.20 bits per heavy atom. The first kappa shape index (κ1) is 9.23. The van der Waals surface area contributed by atoms with Crippen LogP contribution in [0.2, 0.25) is 0 Å². The van der Waals surface area contributed by atoms with E-state index in [-0.39, 0.29) is 0 Å². The summed E-state index contributed by atoms with van der Waals surface area (Å²) < 4.78 is 0. The first-order chi connectivity index (χ1) is 4.85. The summed E-state index contributed by atoms with van der Waals surface area (Å²) in [6.07, 6.45) is 6.22. The van der Waals surface area contributed by atoms with E-state index in [1.165, 1.54) is 18.4 Å². The Kier molecular flexibility index (Phi) is 5.86. The quantitative estimate of drug-likeness (QED) is 0.546. The molecular weight excluding hydrogens is 122 g/mol. The van der Waals surface area contributed by atoms with Crippen LogP contribution in [-0.2, 0) is 0 Å². The van der Waals surface area contributed by atoms with E-state index in [0.717, 1.165) is 12.8 Å². The highest BCUT2D eigenvalue weighted by Crippen LogP contribution is 2.09. The lowest BCUT2D eigenvalue weighted by molar-refractivity contribution is 0.767. The molecule has 0 radical (unpaired) electrons. The lowest BCUT2D eigenvalue weighted by atomic mass is 10.1. The molecule has 0 aromatic carbocycles. The fourth-order valence-electron chi connectivity index (χ4n) is 0.846. The lowest BCUT2D eigenvalue weighted by Crippen LogP contribution is -1.80. The van der Waals surface area contributed by atoms with Gasteiger partial charge >= 0.3 is 0 Å². The van der Waals surface area contributed by atoms with Crippen molar-refractivity contribution in [2.24, 2.45) is 0 Å². The van der Waals surface area contributed by atoms with Crippen LogP contribution in [0.5, 0.6) is 0 Å². The number of rotatable bonds is 4. The van der Waals surface area contributed by atoms with Gasteiger partial charge in [0.25, 0.3) is 0 Å². The van der Waals surface area contributed by atoms with Gasteiger partial charge in [-0.05, 0) is 19.3 Å². The van der Waals surface area contributed by atoms with Crippen molar-refractivity contribution >= 4 is 0 Å². The van der Waals surface area contributed by atoms with Gasteiger partial charge in [-0.2, -0.15) is 5.26 Å². The second-order valence-corrected chi connectivity index (χ2v) is 2.39. The molecule has 1 heteroatoms. The summed E-state index contributed by atoms with van der Waals surface area (Å²) in [7, 11) is 0. The van der Waals surface area contributed by atoms with Crippen molar-refractivity contribution in [1.82, 2.24) is 0 Å². The number of unbranched alkanes of at least 4 members (excludes halogenated alkanes) is 1. The van der Waals surface area contributed by atoms with E-state index in [9.17, 15) is 0 Å². The number of allylic oxidation sites excluding steroid dienone is 2. The molecule has 0 atom stereocenters. The predicted octanol–water partition coefficient (Wildman–Crippen LogP) is 3.04. The molecule has 0 aromatic heterocycles. The zero-order chi connectivity index (χ0) is 7.82. The van der Waals surface area contributed by atoms with Gasteiger partial charge in [0.1, 0.15) is 0 Å². The molecule has 0 aliphatic carbocycles. The Morgan fingerprint density at radius 1 is 1.50 bits per heavy atom. The minimum Gasteiger partial charge on any atom is -0.193 e. The topological polar surface area (TPSA) is 23.8 Å². The Balaban J connectivity index is 3.63. The van der Waals surface area contributed by atoms with Crippen LogP contribution < -0.4 is 0 Å². The van der Waals surface area contributed by atoms with Gasteiger partial charge in [-0.15, -0.1) is 0 Å². The predicted molar refractivity (Wildman–Crippen MR) is 43.5 cm³/mol. The molecule has 0 N–H and O–H groups in total. The van der Waals surface area contributed by atoms with Crippen molar-refractivity contribution in [2.75, 3.05) is 0 Å². The summed E-state index contributed by atoms with van der Waals surface area (Å²) in [6, 6.07) is 2.07. The Labute approximate surface area is 63.4 Å². The summed E-state index contributed by atoms with van der Waals surface area (Å²) in [5.74, 6) is 0. The van der Waals surface area contributed by atoms with Gasteiger partial charge in [0.05, 0.1) is 6.07 Å². The van der Waals surface area contributed by atoms with Gasteiger partial charge in [0, 0.05) is 6.08 Å². The molecule has 1 nitrogen and oxygen atoms in total. The SMILES string of the molecule is CCCC/C(=C\C#N)CC. The fourth-order valence-corrected chi connectivity index (χ4v) is 0.846. The molecule has 0 aliphatic heterocycles. The molecule has 0 aromatic rings. The van der Waals surface area contributed by atoms with E-state index in [2.05, 4.69) is 19.9 Å². The lowest BCUT2D eigenvalue weighted by Gasteiger charge is -1.98. The zero-order valence-corrected chi connectivity index (χ0v) is 6.85.